The largest absolute Gasteiger partial charge is 0.352 e. The highest BCUT2D eigenvalue weighted by molar-refractivity contribution is 7.89. The third-order valence-electron chi connectivity index (χ3n) is 3.17. The molecule has 0 aliphatic rings. The average Bonchev–Trinajstić information content (AvgIpc) is 2.43. The van der Waals surface area contributed by atoms with Crippen molar-refractivity contribution in [1.82, 2.24) is 10.2 Å². The number of hydrogen-bond donors (Lipinski definition) is 2. The van der Waals surface area contributed by atoms with Crippen molar-refractivity contribution in [1.29, 1.82) is 0 Å². The molecule has 6 nitrogen and oxygen atoms in total. The molecule has 7 heteroatoms. The summed E-state index contributed by atoms with van der Waals surface area (Å²) in [5, 5.41) is 7.81. The van der Waals surface area contributed by atoms with Gasteiger partial charge in [-0.1, -0.05) is 18.2 Å². The van der Waals surface area contributed by atoms with E-state index in [2.05, 4.69) is 11.9 Å². The first kappa shape index (κ1) is 17.4. The molecule has 0 heterocycles. The molecule has 0 saturated carbocycles. The number of nitrogens with two attached hydrogens (primary N) is 1. The van der Waals surface area contributed by atoms with E-state index in [0.29, 0.717) is 6.54 Å². The molecule has 1 rings (SSSR count). The summed E-state index contributed by atoms with van der Waals surface area (Å²) >= 11 is 0. The molecule has 21 heavy (non-hydrogen) atoms. The van der Waals surface area contributed by atoms with Gasteiger partial charge in [-0.25, -0.2) is 13.6 Å². The van der Waals surface area contributed by atoms with Crippen molar-refractivity contribution in [2.24, 2.45) is 5.14 Å². The van der Waals surface area contributed by atoms with Crippen LogP contribution in [0, 0.1) is 0 Å². The molecule has 116 valence electrons. The van der Waals surface area contributed by atoms with Crippen LogP contribution in [0.1, 0.15) is 18.5 Å². The van der Waals surface area contributed by atoms with E-state index in [0.717, 1.165) is 5.56 Å². The normalized spacial score (nSPS) is 13.0. The second kappa shape index (κ2) is 7.35. The van der Waals surface area contributed by atoms with Gasteiger partial charge in [0.05, 0.1) is 11.4 Å². The summed E-state index contributed by atoms with van der Waals surface area (Å²) in [7, 11) is -1.94. The molecule has 0 fully saturated rings. The molecular weight excluding hydrogens is 290 g/mol. The van der Waals surface area contributed by atoms with Crippen LogP contribution in [-0.2, 0) is 14.8 Å². The number of nitrogens with one attached hydrogen (secondary N) is 1. The Balaban J connectivity index is 2.81. The third kappa shape index (κ3) is 5.30. The maximum Gasteiger partial charge on any atom is 0.238 e. The van der Waals surface area contributed by atoms with Crippen LogP contribution in [0.2, 0.25) is 0 Å². The molecule has 0 spiro atoms. The SMILES string of the molecule is C=CCNC(=O)CN(C)[C@@H](C)c1cccc(S(N)(=O)=O)c1. The van der Waals surface area contributed by atoms with Gasteiger partial charge < -0.3 is 5.32 Å². The fraction of sp³-hybridized carbons (Fsp3) is 0.357. The van der Waals surface area contributed by atoms with Gasteiger partial charge in [-0.05, 0) is 31.7 Å². The van der Waals surface area contributed by atoms with E-state index < -0.39 is 10.0 Å². The van der Waals surface area contributed by atoms with Crippen LogP contribution in [0.25, 0.3) is 0 Å². The lowest BCUT2D eigenvalue weighted by Gasteiger charge is -2.24. The van der Waals surface area contributed by atoms with E-state index in [-0.39, 0.29) is 23.4 Å². The molecule has 0 aliphatic heterocycles. The Hall–Kier alpha value is -1.70. The number of benzene rings is 1. The molecular formula is C14H21N3O3S. The Morgan fingerprint density at radius 1 is 1.52 bits per heavy atom. The number of primary sulfonamides is 1. The number of carbonyl (C=O) groups is 1. The molecule has 0 saturated heterocycles. The topological polar surface area (TPSA) is 92.5 Å². The zero-order valence-corrected chi connectivity index (χ0v) is 13.1. The smallest absolute Gasteiger partial charge is 0.238 e. The molecule has 1 aromatic carbocycles. The zero-order chi connectivity index (χ0) is 16.0. The van der Waals surface area contributed by atoms with Crippen LogP contribution < -0.4 is 10.5 Å². The Kier molecular flexibility index (Phi) is 6.07. The minimum absolute atomic E-state index is 0.0661. The summed E-state index contributed by atoms with van der Waals surface area (Å²) < 4.78 is 22.7. The van der Waals surface area contributed by atoms with Gasteiger partial charge in [0.1, 0.15) is 0 Å². The van der Waals surface area contributed by atoms with Crippen molar-refractivity contribution in [3.63, 3.8) is 0 Å². The van der Waals surface area contributed by atoms with Crippen LogP contribution in [0.3, 0.4) is 0 Å². The maximum atomic E-state index is 11.7. The van der Waals surface area contributed by atoms with Crippen molar-refractivity contribution in [2.75, 3.05) is 20.1 Å². The van der Waals surface area contributed by atoms with Crippen molar-refractivity contribution >= 4 is 15.9 Å². The fourth-order valence-electron chi connectivity index (χ4n) is 1.81. The Bertz CT molecular complexity index is 614. The summed E-state index contributed by atoms with van der Waals surface area (Å²) in [5.41, 5.74) is 0.778. The lowest BCUT2D eigenvalue weighted by molar-refractivity contribution is -0.122. The lowest BCUT2D eigenvalue weighted by Crippen LogP contribution is -2.36. The van der Waals surface area contributed by atoms with E-state index in [1.807, 2.05) is 11.8 Å². The van der Waals surface area contributed by atoms with Crippen molar-refractivity contribution < 1.29 is 13.2 Å². The molecule has 0 bridgehead atoms. The standard InChI is InChI=1S/C14H21N3O3S/c1-4-8-16-14(18)10-17(3)11(2)12-6-5-7-13(9-12)21(15,19)20/h4-7,9,11H,1,8,10H2,2-3H3,(H,16,18)(H2,15,19,20)/t11-/m0/s1. The van der Waals surface area contributed by atoms with Crippen molar-refractivity contribution in [2.45, 2.75) is 17.9 Å². The highest BCUT2D eigenvalue weighted by Crippen LogP contribution is 2.20. The molecule has 0 unspecified atom stereocenters. The summed E-state index contributed by atoms with van der Waals surface area (Å²) in [6, 6.07) is 6.29. The molecule has 0 aromatic heterocycles. The van der Waals surface area contributed by atoms with Gasteiger partial charge in [0, 0.05) is 12.6 Å². The van der Waals surface area contributed by atoms with Gasteiger partial charge in [0.15, 0.2) is 0 Å². The van der Waals surface area contributed by atoms with Gasteiger partial charge in [-0.15, -0.1) is 6.58 Å². The highest BCUT2D eigenvalue weighted by atomic mass is 32.2. The Morgan fingerprint density at radius 3 is 2.76 bits per heavy atom. The van der Waals surface area contributed by atoms with Crippen LogP contribution >= 0.6 is 0 Å². The highest BCUT2D eigenvalue weighted by Gasteiger charge is 2.16. The minimum atomic E-state index is -3.73. The maximum absolute atomic E-state index is 11.7. The molecule has 0 radical (unpaired) electrons. The van der Waals surface area contributed by atoms with Crippen molar-refractivity contribution in [3.05, 3.63) is 42.5 Å². The van der Waals surface area contributed by atoms with Crippen LogP contribution in [-0.4, -0.2) is 39.4 Å². The van der Waals surface area contributed by atoms with E-state index in [4.69, 9.17) is 5.14 Å². The fourth-order valence-corrected chi connectivity index (χ4v) is 2.38. The predicted octanol–water partition coefficient (Wildman–Crippen LogP) is 0.629. The number of carbonyl (C=O) groups excluding carboxylic acids is 1. The van der Waals surface area contributed by atoms with E-state index in [9.17, 15) is 13.2 Å². The predicted molar refractivity (Wildman–Crippen MR) is 82.1 cm³/mol. The second-order valence-electron chi connectivity index (χ2n) is 4.80. The molecule has 1 amide bonds. The van der Waals surface area contributed by atoms with Crippen LogP contribution in [0.4, 0.5) is 0 Å². The zero-order valence-electron chi connectivity index (χ0n) is 12.2. The summed E-state index contributed by atoms with van der Waals surface area (Å²) in [4.78, 5) is 13.5. The van der Waals surface area contributed by atoms with Crippen LogP contribution in [0.15, 0.2) is 41.8 Å². The number of amides is 1. The molecule has 3 N–H and O–H groups in total. The van der Waals surface area contributed by atoms with E-state index >= 15 is 0 Å². The van der Waals surface area contributed by atoms with Crippen molar-refractivity contribution in [3.8, 4) is 0 Å². The number of sulfonamides is 1. The molecule has 0 aliphatic carbocycles. The first-order chi connectivity index (χ1) is 9.75. The van der Waals surface area contributed by atoms with Gasteiger partial charge >= 0.3 is 0 Å². The van der Waals surface area contributed by atoms with E-state index in [1.165, 1.54) is 12.1 Å². The Morgan fingerprint density at radius 2 is 2.19 bits per heavy atom. The van der Waals surface area contributed by atoms with Gasteiger partial charge in [-0.3, -0.25) is 9.69 Å². The monoisotopic (exact) mass is 311 g/mol. The quantitative estimate of drug-likeness (QED) is 0.722. The molecule has 1 atom stereocenters. The number of hydrogen-bond acceptors (Lipinski definition) is 4. The van der Waals surface area contributed by atoms with E-state index in [1.54, 1.807) is 25.3 Å². The summed E-state index contributed by atoms with van der Waals surface area (Å²) in [6.45, 7) is 6.04. The summed E-state index contributed by atoms with van der Waals surface area (Å²) in [5.74, 6) is -0.119. The Labute approximate surface area is 125 Å². The first-order valence-electron chi connectivity index (χ1n) is 6.46. The van der Waals surface area contributed by atoms with Gasteiger partial charge in [0.25, 0.3) is 0 Å². The molecule has 1 aromatic rings. The lowest BCUT2D eigenvalue weighted by atomic mass is 10.1. The average molecular weight is 311 g/mol. The van der Waals surface area contributed by atoms with Crippen LogP contribution in [0.5, 0.6) is 0 Å². The van der Waals surface area contributed by atoms with Gasteiger partial charge in [0.2, 0.25) is 15.9 Å². The summed E-state index contributed by atoms with van der Waals surface area (Å²) in [6.07, 6.45) is 1.61. The second-order valence-corrected chi connectivity index (χ2v) is 6.36. The number of rotatable bonds is 7. The number of nitrogens with zero attached hydrogens (tertiary/aromatic N) is 1. The third-order valence-corrected chi connectivity index (χ3v) is 4.08. The van der Waals surface area contributed by atoms with Gasteiger partial charge in [-0.2, -0.15) is 0 Å². The first-order valence-corrected chi connectivity index (χ1v) is 8.01. The number of likely N-dealkylation sites (N-methyl/N-ethyl adjacent to an activating group) is 1. The minimum Gasteiger partial charge on any atom is -0.352 e.